The smallest absolute Gasteiger partial charge is 0.262 e. The Labute approximate surface area is 246 Å². The lowest BCUT2D eigenvalue weighted by Gasteiger charge is -2.43. The van der Waals surface area contributed by atoms with E-state index in [4.69, 9.17) is 21.1 Å². The van der Waals surface area contributed by atoms with E-state index in [0.717, 1.165) is 53.8 Å². The third kappa shape index (κ3) is 5.65. The van der Waals surface area contributed by atoms with Crippen molar-refractivity contribution in [2.75, 3.05) is 25.1 Å². The Morgan fingerprint density at radius 2 is 1.59 bits per heavy atom. The van der Waals surface area contributed by atoms with Crippen LogP contribution in [0.3, 0.4) is 0 Å². The Bertz CT molecular complexity index is 1430. The Morgan fingerprint density at radius 3 is 2.17 bits per heavy atom. The van der Waals surface area contributed by atoms with Crippen LogP contribution in [0.2, 0.25) is 5.02 Å². The molecule has 7 nitrogen and oxygen atoms in total. The van der Waals surface area contributed by atoms with Crippen LogP contribution in [0.15, 0.2) is 52.9 Å². The molecule has 0 fully saturated rings. The molecule has 41 heavy (non-hydrogen) atoms. The average Bonchev–Trinajstić information content (AvgIpc) is 2.94. The van der Waals surface area contributed by atoms with Gasteiger partial charge in [-0.2, -0.15) is 0 Å². The van der Waals surface area contributed by atoms with Crippen molar-refractivity contribution in [3.63, 3.8) is 0 Å². The van der Waals surface area contributed by atoms with Gasteiger partial charge in [0, 0.05) is 53.5 Å². The normalized spacial score (nSPS) is 17.4. The summed E-state index contributed by atoms with van der Waals surface area (Å²) in [6, 6.07) is 9.29. The van der Waals surface area contributed by atoms with E-state index in [9.17, 15) is 14.4 Å². The largest absolute Gasteiger partial charge is 0.490 e. The molecule has 5 rings (SSSR count). The molecular weight excluding hydrogens is 540 g/mol. The highest BCUT2D eigenvalue weighted by Crippen LogP contribution is 2.51. The quantitative estimate of drug-likeness (QED) is 0.372. The van der Waals surface area contributed by atoms with E-state index in [1.54, 1.807) is 6.07 Å². The van der Waals surface area contributed by atoms with E-state index < -0.39 is 5.92 Å². The lowest BCUT2D eigenvalue weighted by atomic mass is 9.71. The minimum Gasteiger partial charge on any atom is -0.490 e. The number of carbonyl (C=O) groups excluding carboxylic acids is 3. The fourth-order valence-corrected chi connectivity index (χ4v) is 6.52. The number of amides is 1. The second-order valence-corrected chi connectivity index (χ2v) is 11.3. The lowest BCUT2D eigenvalue weighted by molar-refractivity contribution is -0.118. The van der Waals surface area contributed by atoms with Crippen molar-refractivity contribution in [1.29, 1.82) is 0 Å². The van der Waals surface area contributed by atoms with Crippen molar-refractivity contribution in [2.24, 2.45) is 0 Å². The summed E-state index contributed by atoms with van der Waals surface area (Å²) in [4.78, 5) is 41.8. The van der Waals surface area contributed by atoms with Crippen LogP contribution in [0.5, 0.6) is 11.5 Å². The number of aryl methyl sites for hydroxylation is 2. The molecule has 0 bridgehead atoms. The average molecular weight is 577 g/mol. The Kier molecular flexibility index (Phi) is 8.55. The standard InChI is InChI=1S/C33H37ClN2O5/c1-5-36-24-9-7-11-26(37)31(24)30(32-25(36)10-8-12-27(32)38)21-16-23(34)33(28(17-21)40-6-2)41-18-29(39)35-22-14-13-19(3)20(4)15-22/h13-17,30H,5-12,18H2,1-4H3,(H,35,39). The topological polar surface area (TPSA) is 84.9 Å². The molecule has 0 saturated carbocycles. The van der Waals surface area contributed by atoms with Crippen molar-refractivity contribution < 1.29 is 23.9 Å². The van der Waals surface area contributed by atoms with Gasteiger partial charge in [0.15, 0.2) is 29.7 Å². The predicted molar refractivity (Wildman–Crippen MR) is 160 cm³/mol. The first kappa shape index (κ1) is 28.9. The number of nitrogens with one attached hydrogen (secondary N) is 1. The highest BCUT2D eigenvalue weighted by Gasteiger charge is 2.43. The monoisotopic (exact) mass is 576 g/mol. The number of carbonyl (C=O) groups is 3. The molecule has 3 aliphatic rings. The number of rotatable bonds is 8. The van der Waals surface area contributed by atoms with Crippen LogP contribution in [-0.4, -0.2) is 42.1 Å². The molecule has 2 aliphatic carbocycles. The van der Waals surface area contributed by atoms with E-state index in [1.807, 2.05) is 45.0 Å². The molecule has 1 heterocycles. The van der Waals surface area contributed by atoms with Crippen LogP contribution >= 0.6 is 11.6 Å². The summed E-state index contributed by atoms with van der Waals surface area (Å²) in [6.07, 6.45) is 4.15. The molecule has 1 amide bonds. The Hall–Kier alpha value is -3.58. The number of hydrogen-bond acceptors (Lipinski definition) is 6. The van der Waals surface area contributed by atoms with Crippen LogP contribution in [0.4, 0.5) is 5.69 Å². The van der Waals surface area contributed by atoms with Gasteiger partial charge in [0.25, 0.3) is 5.91 Å². The summed E-state index contributed by atoms with van der Waals surface area (Å²) >= 11 is 6.80. The summed E-state index contributed by atoms with van der Waals surface area (Å²) in [6.45, 7) is 8.73. The molecule has 2 aromatic carbocycles. The zero-order valence-corrected chi connectivity index (χ0v) is 25.0. The molecular formula is C33H37ClN2O5. The highest BCUT2D eigenvalue weighted by molar-refractivity contribution is 6.32. The number of halogens is 1. The fraction of sp³-hybridized carbons (Fsp3) is 0.424. The second kappa shape index (κ2) is 12.1. The Balaban J connectivity index is 1.49. The first-order valence-electron chi connectivity index (χ1n) is 14.5. The van der Waals surface area contributed by atoms with Crippen LogP contribution in [0.25, 0.3) is 0 Å². The number of Topliss-reactive ketones (excluding diaryl/α,β-unsaturated/α-hetero) is 2. The number of hydrogen-bond donors (Lipinski definition) is 1. The molecule has 8 heteroatoms. The van der Waals surface area contributed by atoms with Gasteiger partial charge >= 0.3 is 0 Å². The van der Waals surface area contributed by atoms with Gasteiger partial charge in [-0.05, 0) is 94.3 Å². The molecule has 0 aromatic heterocycles. The number of anilines is 1. The van der Waals surface area contributed by atoms with E-state index in [2.05, 4.69) is 17.1 Å². The van der Waals surface area contributed by atoms with Gasteiger partial charge in [0.1, 0.15) is 0 Å². The van der Waals surface area contributed by atoms with Gasteiger partial charge in [-0.3, -0.25) is 14.4 Å². The molecule has 216 valence electrons. The number of nitrogens with zero attached hydrogens (tertiary/aromatic N) is 1. The number of allylic oxidation sites excluding steroid dienone is 4. The lowest BCUT2D eigenvalue weighted by Crippen LogP contribution is -2.39. The Morgan fingerprint density at radius 1 is 0.927 bits per heavy atom. The number of benzene rings is 2. The molecule has 0 saturated heterocycles. The summed E-state index contributed by atoms with van der Waals surface area (Å²) in [5.41, 5.74) is 7.10. The number of ketones is 2. The van der Waals surface area contributed by atoms with Crippen molar-refractivity contribution in [2.45, 2.75) is 72.1 Å². The van der Waals surface area contributed by atoms with Gasteiger partial charge in [0.05, 0.1) is 11.6 Å². The molecule has 0 spiro atoms. The third-order valence-corrected chi connectivity index (χ3v) is 8.49. The van der Waals surface area contributed by atoms with Crippen molar-refractivity contribution in [3.8, 4) is 11.5 Å². The summed E-state index contributed by atoms with van der Waals surface area (Å²) in [5, 5.41) is 3.12. The minimum atomic E-state index is -0.498. The van der Waals surface area contributed by atoms with E-state index in [0.29, 0.717) is 48.6 Å². The number of ether oxygens (including phenoxy) is 2. The summed E-state index contributed by atoms with van der Waals surface area (Å²) in [5.74, 6) is -0.0288. The zero-order valence-electron chi connectivity index (χ0n) is 24.2. The van der Waals surface area contributed by atoms with Gasteiger partial charge in [-0.1, -0.05) is 17.7 Å². The van der Waals surface area contributed by atoms with Crippen molar-refractivity contribution in [3.05, 3.63) is 74.6 Å². The molecule has 1 aliphatic heterocycles. The molecule has 0 atom stereocenters. The maximum Gasteiger partial charge on any atom is 0.262 e. The van der Waals surface area contributed by atoms with Gasteiger partial charge in [-0.25, -0.2) is 0 Å². The van der Waals surface area contributed by atoms with Gasteiger partial charge < -0.3 is 19.7 Å². The van der Waals surface area contributed by atoms with Crippen LogP contribution in [-0.2, 0) is 14.4 Å². The van der Waals surface area contributed by atoms with Crippen LogP contribution in [0, 0.1) is 13.8 Å². The summed E-state index contributed by atoms with van der Waals surface area (Å²) in [7, 11) is 0. The molecule has 0 unspecified atom stereocenters. The first-order chi connectivity index (χ1) is 19.7. The van der Waals surface area contributed by atoms with Crippen LogP contribution in [0.1, 0.15) is 75.0 Å². The maximum atomic E-state index is 13.4. The van der Waals surface area contributed by atoms with Crippen LogP contribution < -0.4 is 14.8 Å². The SMILES string of the molecule is CCOc1cc(C2C3=C(CCCC3=O)N(CC)C3=C2C(=O)CCC3)cc(Cl)c1OCC(=O)Nc1ccc(C)c(C)c1. The highest BCUT2D eigenvalue weighted by atomic mass is 35.5. The summed E-state index contributed by atoms with van der Waals surface area (Å²) < 4.78 is 11.8. The second-order valence-electron chi connectivity index (χ2n) is 10.9. The van der Waals surface area contributed by atoms with Gasteiger partial charge in [-0.15, -0.1) is 0 Å². The van der Waals surface area contributed by atoms with Gasteiger partial charge in [0.2, 0.25) is 0 Å². The minimum absolute atomic E-state index is 0.0806. The zero-order chi connectivity index (χ0) is 29.3. The molecule has 1 N–H and O–H groups in total. The molecule has 0 radical (unpaired) electrons. The van der Waals surface area contributed by atoms with E-state index in [-0.39, 0.29) is 34.9 Å². The first-order valence-corrected chi connectivity index (χ1v) is 14.9. The van der Waals surface area contributed by atoms with E-state index >= 15 is 0 Å². The third-order valence-electron chi connectivity index (χ3n) is 8.21. The fourth-order valence-electron chi connectivity index (χ4n) is 6.24. The molecule has 2 aromatic rings. The van der Waals surface area contributed by atoms with Crippen molar-refractivity contribution in [1.82, 2.24) is 4.90 Å². The predicted octanol–water partition coefficient (Wildman–Crippen LogP) is 6.81. The maximum absolute atomic E-state index is 13.4. The van der Waals surface area contributed by atoms with Crippen molar-refractivity contribution >= 4 is 34.8 Å². The van der Waals surface area contributed by atoms with E-state index in [1.165, 1.54) is 0 Å².